The van der Waals surface area contributed by atoms with Gasteiger partial charge in [-0.1, -0.05) is 18.9 Å². The van der Waals surface area contributed by atoms with E-state index in [0.717, 1.165) is 51.0 Å². The summed E-state index contributed by atoms with van der Waals surface area (Å²) in [5.74, 6) is -0.755. The van der Waals surface area contributed by atoms with Crippen molar-refractivity contribution in [3.63, 3.8) is 0 Å². The molecule has 0 bridgehead atoms. The largest absolute Gasteiger partial charge is 0.339 e. The Balaban J connectivity index is 1.29. The van der Waals surface area contributed by atoms with Crippen LogP contribution in [0, 0.1) is 11.8 Å². The van der Waals surface area contributed by atoms with Gasteiger partial charge < -0.3 is 4.90 Å². The molecule has 2 saturated heterocycles. The molecule has 3 amide bonds. The van der Waals surface area contributed by atoms with Crippen LogP contribution in [0.5, 0.6) is 0 Å². The van der Waals surface area contributed by atoms with E-state index in [1.165, 1.54) is 4.90 Å². The van der Waals surface area contributed by atoms with Crippen LogP contribution < -0.4 is 0 Å². The van der Waals surface area contributed by atoms with Gasteiger partial charge in [0.2, 0.25) is 17.7 Å². The summed E-state index contributed by atoms with van der Waals surface area (Å²) in [5, 5.41) is 0. The number of carbonyl (C=O) groups excluding carboxylic acids is 3. The maximum absolute atomic E-state index is 12.7. The molecular formula is C20H26N4O3. The first-order chi connectivity index (χ1) is 13.1. The minimum absolute atomic E-state index is 0.0924. The number of piperazine rings is 1. The third kappa shape index (κ3) is 3.74. The van der Waals surface area contributed by atoms with Crippen molar-refractivity contribution in [2.45, 2.75) is 32.2 Å². The zero-order valence-corrected chi connectivity index (χ0v) is 15.5. The first-order valence-electron chi connectivity index (χ1n) is 9.89. The van der Waals surface area contributed by atoms with Gasteiger partial charge in [0, 0.05) is 38.9 Å². The number of nitrogens with zero attached hydrogens (tertiary/aromatic N) is 4. The molecule has 2 unspecified atom stereocenters. The van der Waals surface area contributed by atoms with E-state index in [9.17, 15) is 14.4 Å². The zero-order chi connectivity index (χ0) is 18.8. The van der Waals surface area contributed by atoms with Gasteiger partial charge in [-0.15, -0.1) is 0 Å². The number of amides is 3. The molecular weight excluding hydrogens is 344 g/mol. The molecule has 0 spiro atoms. The van der Waals surface area contributed by atoms with Crippen LogP contribution in [0.3, 0.4) is 0 Å². The van der Waals surface area contributed by atoms with Crippen LogP contribution in [0.4, 0.5) is 0 Å². The van der Waals surface area contributed by atoms with Crippen molar-refractivity contribution in [3.8, 4) is 0 Å². The fourth-order valence-electron chi connectivity index (χ4n) is 4.50. The van der Waals surface area contributed by atoms with Gasteiger partial charge in [-0.2, -0.15) is 0 Å². The fourth-order valence-corrected chi connectivity index (χ4v) is 4.50. The van der Waals surface area contributed by atoms with Crippen molar-refractivity contribution in [1.29, 1.82) is 0 Å². The van der Waals surface area contributed by atoms with E-state index >= 15 is 0 Å². The number of rotatable bonds is 4. The Hall–Kier alpha value is -2.28. The molecule has 1 aromatic rings. The average Bonchev–Trinajstić information content (AvgIpc) is 2.94. The third-order valence-corrected chi connectivity index (χ3v) is 6.06. The van der Waals surface area contributed by atoms with Gasteiger partial charge in [0.05, 0.1) is 17.5 Å². The number of carbonyl (C=O) groups is 3. The molecule has 2 atom stereocenters. The normalized spacial score (nSPS) is 26.4. The van der Waals surface area contributed by atoms with Crippen molar-refractivity contribution in [1.82, 2.24) is 19.7 Å². The van der Waals surface area contributed by atoms with Crippen LogP contribution in [-0.2, 0) is 20.9 Å². The van der Waals surface area contributed by atoms with Crippen molar-refractivity contribution in [2.24, 2.45) is 11.8 Å². The summed E-state index contributed by atoms with van der Waals surface area (Å²) in [6.45, 7) is 3.47. The molecule has 1 aliphatic carbocycles. The number of likely N-dealkylation sites (tertiary alicyclic amines) is 1. The lowest BCUT2D eigenvalue weighted by molar-refractivity contribution is -0.147. The van der Waals surface area contributed by atoms with Gasteiger partial charge in [-0.05, 0) is 25.0 Å². The molecule has 0 aromatic carbocycles. The number of pyridine rings is 1. The molecule has 7 nitrogen and oxygen atoms in total. The van der Waals surface area contributed by atoms with Crippen LogP contribution in [0.15, 0.2) is 24.4 Å². The summed E-state index contributed by atoms with van der Waals surface area (Å²) < 4.78 is 0. The number of hydrogen-bond acceptors (Lipinski definition) is 5. The first kappa shape index (κ1) is 18.1. The summed E-state index contributed by atoms with van der Waals surface area (Å²) in [6, 6.07) is 5.88. The molecule has 0 N–H and O–H groups in total. The van der Waals surface area contributed by atoms with E-state index in [1.807, 2.05) is 18.2 Å². The van der Waals surface area contributed by atoms with Crippen LogP contribution in [0.25, 0.3) is 0 Å². The summed E-state index contributed by atoms with van der Waals surface area (Å²) in [6.07, 6.45) is 5.36. The van der Waals surface area contributed by atoms with E-state index in [2.05, 4.69) is 9.88 Å². The van der Waals surface area contributed by atoms with Gasteiger partial charge in [0.25, 0.3) is 0 Å². The van der Waals surface area contributed by atoms with Crippen LogP contribution in [0.2, 0.25) is 0 Å². The number of imide groups is 1. The number of fused-ring (bicyclic) bond motifs is 1. The Labute approximate surface area is 159 Å². The molecule has 4 rings (SSSR count). The summed E-state index contributed by atoms with van der Waals surface area (Å²) in [4.78, 5) is 47.4. The molecule has 27 heavy (non-hydrogen) atoms. The minimum Gasteiger partial charge on any atom is -0.339 e. The molecule has 1 saturated carbocycles. The highest BCUT2D eigenvalue weighted by Crippen LogP contribution is 2.37. The lowest BCUT2D eigenvalue weighted by Crippen LogP contribution is -2.51. The molecule has 3 heterocycles. The zero-order valence-electron chi connectivity index (χ0n) is 15.5. The van der Waals surface area contributed by atoms with Gasteiger partial charge in [-0.3, -0.25) is 29.2 Å². The van der Waals surface area contributed by atoms with Gasteiger partial charge in [0.15, 0.2) is 0 Å². The van der Waals surface area contributed by atoms with E-state index in [4.69, 9.17) is 0 Å². The Morgan fingerprint density at radius 3 is 2.26 bits per heavy atom. The summed E-state index contributed by atoms with van der Waals surface area (Å²) >= 11 is 0. The average molecular weight is 370 g/mol. The lowest BCUT2D eigenvalue weighted by Gasteiger charge is -2.35. The minimum atomic E-state index is -0.186. The second kappa shape index (κ2) is 7.76. The summed E-state index contributed by atoms with van der Waals surface area (Å²) in [7, 11) is 0. The standard InChI is InChI=1S/C20H26N4O3/c25-18(14-24-19(26)16-6-1-2-7-17(16)20(24)27)23-11-9-22(10-12-23)13-15-5-3-4-8-21-15/h3-5,8,16-17H,1-2,6-7,9-14H2. The second-order valence-electron chi connectivity index (χ2n) is 7.74. The molecule has 144 valence electrons. The maximum atomic E-state index is 12.7. The van der Waals surface area contributed by atoms with Crippen LogP contribution >= 0.6 is 0 Å². The third-order valence-electron chi connectivity index (χ3n) is 6.06. The van der Waals surface area contributed by atoms with E-state index in [1.54, 1.807) is 11.1 Å². The molecule has 2 aliphatic heterocycles. The summed E-state index contributed by atoms with van der Waals surface area (Å²) in [5.41, 5.74) is 1.02. The molecule has 7 heteroatoms. The van der Waals surface area contributed by atoms with Crippen LogP contribution in [0.1, 0.15) is 31.4 Å². The first-order valence-corrected chi connectivity index (χ1v) is 9.89. The highest BCUT2D eigenvalue weighted by Gasteiger charge is 2.48. The monoisotopic (exact) mass is 370 g/mol. The Bertz CT molecular complexity index is 691. The molecule has 1 aromatic heterocycles. The van der Waals surface area contributed by atoms with E-state index in [0.29, 0.717) is 13.1 Å². The highest BCUT2D eigenvalue weighted by atomic mass is 16.2. The van der Waals surface area contributed by atoms with Crippen molar-refractivity contribution < 1.29 is 14.4 Å². The predicted molar refractivity (Wildman–Crippen MR) is 98.3 cm³/mol. The lowest BCUT2D eigenvalue weighted by atomic mass is 9.81. The second-order valence-corrected chi connectivity index (χ2v) is 7.74. The van der Waals surface area contributed by atoms with Gasteiger partial charge in [0.1, 0.15) is 6.54 Å². The molecule has 3 aliphatic rings. The van der Waals surface area contributed by atoms with Crippen molar-refractivity contribution >= 4 is 17.7 Å². The Morgan fingerprint density at radius 1 is 1.00 bits per heavy atom. The molecule has 3 fully saturated rings. The van der Waals surface area contributed by atoms with E-state index < -0.39 is 0 Å². The van der Waals surface area contributed by atoms with E-state index in [-0.39, 0.29) is 36.1 Å². The van der Waals surface area contributed by atoms with Crippen molar-refractivity contribution in [2.75, 3.05) is 32.7 Å². The smallest absolute Gasteiger partial charge is 0.242 e. The van der Waals surface area contributed by atoms with Crippen molar-refractivity contribution in [3.05, 3.63) is 30.1 Å². The molecule has 0 radical (unpaired) electrons. The predicted octanol–water partition coefficient (Wildman–Crippen LogP) is 0.901. The topological polar surface area (TPSA) is 73.8 Å². The SMILES string of the molecule is O=C(CN1C(=O)C2CCCCC2C1=O)N1CCN(Cc2ccccn2)CC1. The quantitative estimate of drug-likeness (QED) is 0.737. The van der Waals surface area contributed by atoms with Crippen LogP contribution in [-0.4, -0.2) is 70.1 Å². The number of aromatic nitrogens is 1. The maximum Gasteiger partial charge on any atom is 0.242 e. The Kier molecular flexibility index (Phi) is 5.20. The highest BCUT2D eigenvalue weighted by molar-refractivity contribution is 6.07. The Morgan fingerprint density at radius 2 is 1.67 bits per heavy atom. The van der Waals surface area contributed by atoms with Gasteiger partial charge in [-0.25, -0.2) is 0 Å². The number of hydrogen-bond donors (Lipinski definition) is 0. The fraction of sp³-hybridized carbons (Fsp3) is 0.600. The van der Waals surface area contributed by atoms with Gasteiger partial charge >= 0.3 is 0 Å².